The Labute approximate surface area is 163 Å². The SMILES string of the molecule is CCc1ccc(-c2ccc(C(=O)c3ccc(Cl)c(S(N)(=O)=O)c3)cc2)cc1. The van der Waals surface area contributed by atoms with Crippen molar-refractivity contribution >= 4 is 27.4 Å². The molecule has 3 aromatic carbocycles. The van der Waals surface area contributed by atoms with Gasteiger partial charge in [-0.15, -0.1) is 0 Å². The van der Waals surface area contributed by atoms with Gasteiger partial charge in [0.2, 0.25) is 10.0 Å². The Morgan fingerprint density at radius 3 is 1.93 bits per heavy atom. The van der Waals surface area contributed by atoms with Crippen LogP contribution in [0.15, 0.2) is 71.6 Å². The second-order valence-corrected chi connectivity index (χ2v) is 8.08. The first kappa shape index (κ1) is 19.3. The van der Waals surface area contributed by atoms with Crippen LogP contribution in [-0.2, 0) is 16.4 Å². The Balaban J connectivity index is 1.90. The molecular weight excluding hydrogens is 382 g/mol. The van der Waals surface area contributed by atoms with Crippen LogP contribution in [0.4, 0.5) is 0 Å². The second kappa shape index (κ2) is 7.64. The molecule has 0 bridgehead atoms. The summed E-state index contributed by atoms with van der Waals surface area (Å²) >= 11 is 5.87. The van der Waals surface area contributed by atoms with E-state index >= 15 is 0 Å². The molecule has 0 atom stereocenters. The first-order valence-electron chi connectivity index (χ1n) is 8.36. The van der Waals surface area contributed by atoms with Crippen molar-refractivity contribution < 1.29 is 13.2 Å². The molecule has 4 nitrogen and oxygen atoms in total. The number of nitrogens with two attached hydrogens (primary N) is 1. The van der Waals surface area contributed by atoms with Gasteiger partial charge in [0, 0.05) is 11.1 Å². The van der Waals surface area contributed by atoms with E-state index in [2.05, 4.69) is 19.1 Å². The van der Waals surface area contributed by atoms with Gasteiger partial charge in [0.25, 0.3) is 0 Å². The summed E-state index contributed by atoms with van der Waals surface area (Å²) in [6.45, 7) is 2.10. The van der Waals surface area contributed by atoms with E-state index in [9.17, 15) is 13.2 Å². The molecule has 0 aliphatic rings. The van der Waals surface area contributed by atoms with Crippen LogP contribution in [0.5, 0.6) is 0 Å². The predicted octanol–water partition coefficient (Wildman–Crippen LogP) is 4.45. The molecule has 0 unspecified atom stereocenters. The molecule has 0 amide bonds. The zero-order valence-electron chi connectivity index (χ0n) is 14.6. The number of hydrogen-bond donors (Lipinski definition) is 1. The molecule has 0 aliphatic heterocycles. The maximum absolute atomic E-state index is 12.7. The van der Waals surface area contributed by atoms with Gasteiger partial charge in [0.15, 0.2) is 5.78 Å². The van der Waals surface area contributed by atoms with Crippen LogP contribution in [0, 0.1) is 0 Å². The van der Waals surface area contributed by atoms with Crippen LogP contribution < -0.4 is 5.14 Å². The van der Waals surface area contributed by atoms with Crippen LogP contribution in [0.3, 0.4) is 0 Å². The quantitative estimate of drug-likeness (QED) is 0.644. The molecule has 0 aliphatic carbocycles. The fourth-order valence-corrected chi connectivity index (χ4v) is 3.85. The first-order chi connectivity index (χ1) is 12.8. The molecular formula is C21H18ClNO3S. The Kier molecular flexibility index (Phi) is 5.46. The number of hydrogen-bond acceptors (Lipinski definition) is 3. The second-order valence-electron chi connectivity index (χ2n) is 6.15. The zero-order valence-corrected chi connectivity index (χ0v) is 16.2. The zero-order chi connectivity index (χ0) is 19.6. The lowest BCUT2D eigenvalue weighted by molar-refractivity contribution is 0.103. The smallest absolute Gasteiger partial charge is 0.239 e. The number of benzene rings is 3. The maximum Gasteiger partial charge on any atom is 0.239 e. The van der Waals surface area contributed by atoms with Crippen LogP contribution in [0.2, 0.25) is 5.02 Å². The van der Waals surface area contributed by atoms with Crippen LogP contribution in [-0.4, -0.2) is 14.2 Å². The number of primary sulfonamides is 1. The summed E-state index contributed by atoms with van der Waals surface area (Å²) in [7, 11) is -4.00. The van der Waals surface area contributed by atoms with Crippen molar-refractivity contribution in [1.29, 1.82) is 0 Å². The van der Waals surface area contributed by atoms with Gasteiger partial charge in [-0.3, -0.25) is 4.79 Å². The predicted molar refractivity (Wildman–Crippen MR) is 108 cm³/mol. The first-order valence-corrected chi connectivity index (χ1v) is 10.3. The highest BCUT2D eigenvalue weighted by Gasteiger charge is 2.17. The fraction of sp³-hybridized carbons (Fsp3) is 0.0952. The lowest BCUT2D eigenvalue weighted by Crippen LogP contribution is -2.14. The third-order valence-corrected chi connectivity index (χ3v) is 5.73. The number of aryl methyl sites for hydroxylation is 1. The molecule has 27 heavy (non-hydrogen) atoms. The molecule has 2 N–H and O–H groups in total. The monoisotopic (exact) mass is 399 g/mol. The average molecular weight is 400 g/mol. The number of halogens is 1. The van der Waals surface area contributed by atoms with Crippen molar-refractivity contribution in [2.75, 3.05) is 0 Å². The van der Waals surface area contributed by atoms with Crippen molar-refractivity contribution in [2.24, 2.45) is 5.14 Å². The Bertz CT molecular complexity index is 1090. The highest BCUT2D eigenvalue weighted by Crippen LogP contribution is 2.25. The fourth-order valence-electron chi connectivity index (χ4n) is 2.78. The topological polar surface area (TPSA) is 77.2 Å². The van der Waals surface area contributed by atoms with E-state index in [1.54, 1.807) is 12.1 Å². The van der Waals surface area contributed by atoms with E-state index in [0.29, 0.717) is 5.56 Å². The van der Waals surface area contributed by atoms with E-state index in [0.717, 1.165) is 17.5 Å². The highest BCUT2D eigenvalue weighted by atomic mass is 35.5. The minimum Gasteiger partial charge on any atom is -0.289 e. The summed E-state index contributed by atoms with van der Waals surface area (Å²) in [6, 6.07) is 19.5. The van der Waals surface area contributed by atoms with Crippen molar-refractivity contribution in [2.45, 2.75) is 18.2 Å². The van der Waals surface area contributed by atoms with E-state index in [1.165, 1.54) is 23.8 Å². The average Bonchev–Trinajstić information content (AvgIpc) is 2.67. The summed E-state index contributed by atoms with van der Waals surface area (Å²) in [6.07, 6.45) is 0.981. The molecule has 0 heterocycles. The molecule has 6 heteroatoms. The number of sulfonamides is 1. The third kappa shape index (κ3) is 4.27. The van der Waals surface area contributed by atoms with Gasteiger partial charge in [0.1, 0.15) is 4.90 Å². The molecule has 0 saturated carbocycles. The minimum atomic E-state index is -4.00. The van der Waals surface area contributed by atoms with Crippen molar-refractivity contribution in [3.05, 3.63) is 88.4 Å². The Hall–Kier alpha value is -2.47. The van der Waals surface area contributed by atoms with Crippen LogP contribution >= 0.6 is 11.6 Å². The Morgan fingerprint density at radius 1 is 0.889 bits per heavy atom. The van der Waals surface area contributed by atoms with Gasteiger partial charge in [-0.05, 0) is 41.3 Å². The Morgan fingerprint density at radius 2 is 1.41 bits per heavy atom. The lowest BCUT2D eigenvalue weighted by Gasteiger charge is -2.07. The maximum atomic E-state index is 12.7. The highest BCUT2D eigenvalue weighted by molar-refractivity contribution is 7.89. The molecule has 138 valence electrons. The van der Waals surface area contributed by atoms with Crippen molar-refractivity contribution in [1.82, 2.24) is 0 Å². The van der Waals surface area contributed by atoms with Gasteiger partial charge in [-0.25, -0.2) is 13.6 Å². The van der Waals surface area contributed by atoms with Crippen LogP contribution in [0.25, 0.3) is 11.1 Å². The van der Waals surface area contributed by atoms with Gasteiger partial charge in [-0.2, -0.15) is 0 Å². The number of rotatable bonds is 5. The minimum absolute atomic E-state index is 0.0140. The van der Waals surface area contributed by atoms with E-state index in [1.807, 2.05) is 24.3 Å². The molecule has 3 aromatic rings. The summed E-state index contributed by atoms with van der Waals surface area (Å²) in [4.78, 5) is 12.4. The van der Waals surface area contributed by atoms with Gasteiger partial charge in [0.05, 0.1) is 5.02 Å². The summed E-state index contributed by atoms with van der Waals surface area (Å²) < 4.78 is 23.2. The van der Waals surface area contributed by atoms with Gasteiger partial charge >= 0.3 is 0 Å². The number of ketones is 1. The largest absolute Gasteiger partial charge is 0.289 e. The third-order valence-electron chi connectivity index (χ3n) is 4.34. The summed E-state index contributed by atoms with van der Waals surface area (Å²) in [5.74, 6) is -0.301. The molecule has 0 radical (unpaired) electrons. The number of carbonyl (C=O) groups excluding carboxylic acids is 1. The van der Waals surface area contributed by atoms with E-state index in [4.69, 9.17) is 16.7 Å². The molecule has 3 rings (SSSR count). The van der Waals surface area contributed by atoms with Crippen LogP contribution in [0.1, 0.15) is 28.4 Å². The molecule has 0 fully saturated rings. The normalized spacial score (nSPS) is 11.4. The van der Waals surface area contributed by atoms with Gasteiger partial charge < -0.3 is 0 Å². The lowest BCUT2D eigenvalue weighted by atomic mass is 9.98. The standard InChI is InChI=1S/C21H18ClNO3S/c1-2-14-3-5-15(6-4-14)16-7-9-17(10-8-16)21(24)18-11-12-19(22)20(13-18)27(23,25)26/h3-13H,2H2,1H3,(H2,23,25,26). The van der Waals surface area contributed by atoms with E-state index in [-0.39, 0.29) is 21.3 Å². The summed E-state index contributed by atoms with van der Waals surface area (Å²) in [5, 5.41) is 5.13. The summed E-state index contributed by atoms with van der Waals surface area (Å²) in [5.41, 5.74) is 3.98. The van der Waals surface area contributed by atoms with Crippen molar-refractivity contribution in [3.63, 3.8) is 0 Å². The molecule has 0 spiro atoms. The molecule has 0 aromatic heterocycles. The molecule has 0 saturated heterocycles. The van der Waals surface area contributed by atoms with Gasteiger partial charge in [-0.1, -0.05) is 67.1 Å². The number of carbonyl (C=O) groups is 1. The van der Waals surface area contributed by atoms with E-state index < -0.39 is 10.0 Å². The van der Waals surface area contributed by atoms with Crippen molar-refractivity contribution in [3.8, 4) is 11.1 Å².